The lowest BCUT2D eigenvalue weighted by molar-refractivity contribution is -0.149. The fraction of sp³-hybridized carbons (Fsp3) is 0.955. The molecule has 7 heteroatoms. The van der Waals surface area contributed by atoms with Crippen LogP contribution in [-0.4, -0.2) is 109 Å². The molecule has 1 aliphatic carbocycles. The SMILES string of the molecule is CNN1C[C@H]2OCC(C3C4CCC(N(C)C(=O)[C@@H]5CCCN5C)C4N3C(C)C)[C@H]21. The van der Waals surface area contributed by atoms with Crippen LogP contribution in [0.2, 0.25) is 0 Å². The van der Waals surface area contributed by atoms with Gasteiger partial charge in [0.05, 0.1) is 24.8 Å². The van der Waals surface area contributed by atoms with Gasteiger partial charge in [-0.1, -0.05) is 0 Å². The van der Waals surface area contributed by atoms with E-state index in [2.05, 4.69) is 53.1 Å². The summed E-state index contributed by atoms with van der Waals surface area (Å²) < 4.78 is 6.14. The van der Waals surface area contributed by atoms with Crippen LogP contribution in [0.25, 0.3) is 0 Å². The number of carbonyl (C=O) groups is 1. The van der Waals surface area contributed by atoms with Crippen LogP contribution in [0.4, 0.5) is 0 Å². The fourth-order valence-corrected chi connectivity index (χ4v) is 7.39. The number of hydrogen-bond donors (Lipinski definition) is 1. The maximum atomic E-state index is 13.3. The number of hydrazine groups is 1. The number of amides is 1. The number of nitrogens with zero attached hydrogens (tertiary/aromatic N) is 4. The predicted octanol–water partition coefficient (Wildman–Crippen LogP) is 0.612. The van der Waals surface area contributed by atoms with E-state index in [-0.39, 0.29) is 6.04 Å². The van der Waals surface area contributed by atoms with E-state index >= 15 is 0 Å². The minimum absolute atomic E-state index is 0.0885. The summed E-state index contributed by atoms with van der Waals surface area (Å²) in [5.41, 5.74) is 3.36. The minimum Gasteiger partial charge on any atom is -0.375 e. The molecule has 7 nitrogen and oxygen atoms in total. The molecule has 5 fully saturated rings. The van der Waals surface area contributed by atoms with Crippen molar-refractivity contribution in [1.29, 1.82) is 0 Å². The quantitative estimate of drug-likeness (QED) is 0.724. The zero-order chi connectivity index (χ0) is 20.4. The van der Waals surface area contributed by atoms with Crippen molar-refractivity contribution in [2.45, 2.75) is 81.9 Å². The highest BCUT2D eigenvalue weighted by Gasteiger charge is 2.64. The van der Waals surface area contributed by atoms with Crippen LogP contribution in [0.5, 0.6) is 0 Å². The maximum absolute atomic E-state index is 13.3. The smallest absolute Gasteiger partial charge is 0.239 e. The van der Waals surface area contributed by atoms with E-state index in [0.29, 0.717) is 54.1 Å². The molecule has 5 rings (SSSR count). The first-order valence-electron chi connectivity index (χ1n) is 11.7. The molecule has 1 N–H and O–H groups in total. The zero-order valence-electron chi connectivity index (χ0n) is 18.8. The molecule has 4 heterocycles. The van der Waals surface area contributed by atoms with E-state index in [0.717, 1.165) is 39.0 Å². The van der Waals surface area contributed by atoms with Crippen molar-refractivity contribution in [3.8, 4) is 0 Å². The molecule has 4 saturated heterocycles. The van der Waals surface area contributed by atoms with E-state index in [4.69, 9.17) is 4.74 Å². The minimum atomic E-state index is 0.0885. The van der Waals surface area contributed by atoms with Crippen LogP contribution in [0.1, 0.15) is 39.5 Å². The van der Waals surface area contributed by atoms with Gasteiger partial charge in [-0.3, -0.25) is 20.0 Å². The third-order valence-electron chi connectivity index (χ3n) is 8.79. The van der Waals surface area contributed by atoms with E-state index in [1.807, 2.05) is 7.05 Å². The van der Waals surface area contributed by atoms with Gasteiger partial charge >= 0.3 is 0 Å². The second-order valence-corrected chi connectivity index (χ2v) is 10.3. The van der Waals surface area contributed by atoms with Crippen molar-refractivity contribution in [2.24, 2.45) is 11.8 Å². The summed E-state index contributed by atoms with van der Waals surface area (Å²) in [5.74, 6) is 1.61. The molecule has 29 heavy (non-hydrogen) atoms. The van der Waals surface area contributed by atoms with E-state index in [1.54, 1.807) is 0 Å². The van der Waals surface area contributed by atoms with E-state index in [9.17, 15) is 4.79 Å². The number of nitrogens with one attached hydrogen (secondary N) is 1. The molecule has 0 aromatic rings. The summed E-state index contributed by atoms with van der Waals surface area (Å²) in [6.45, 7) is 7.60. The molecule has 0 spiro atoms. The monoisotopic (exact) mass is 405 g/mol. The van der Waals surface area contributed by atoms with Crippen LogP contribution in [0.15, 0.2) is 0 Å². The largest absolute Gasteiger partial charge is 0.375 e. The Morgan fingerprint density at radius 3 is 2.59 bits per heavy atom. The molecule has 1 saturated carbocycles. The van der Waals surface area contributed by atoms with Gasteiger partial charge in [0.2, 0.25) is 5.91 Å². The average Bonchev–Trinajstić information content (AvgIpc) is 3.31. The van der Waals surface area contributed by atoms with Crippen molar-refractivity contribution in [3.05, 3.63) is 0 Å². The molecule has 0 bridgehead atoms. The summed E-state index contributed by atoms with van der Waals surface area (Å²) in [6.07, 6.45) is 4.95. The van der Waals surface area contributed by atoms with Crippen molar-refractivity contribution in [2.75, 3.05) is 40.8 Å². The molecule has 164 valence electrons. The average molecular weight is 406 g/mol. The Morgan fingerprint density at radius 1 is 1.14 bits per heavy atom. The first-order chi connectivity index (χ1) is 13.9. The molecule has 0 aromatic heterocycles. The summed E-state index contributed by atoms with van der Waals surface area (Å²) in [5, 5.41) is 2.37. The van der Waals surface area contributed by atoms with Crippen LogP contribution >= 0.6 is 0 Å². The van der Waals surface area contributed by atoms with Gasteiger partial charge in [-0.15, -0.1) is 0 Å². The van der Waals surface area contributed by atoms with Gasteiger partial charge in [0.25, 0.3) is 0 Å². The number of likely N-dealkylation sites (N-methyl/N-ethyl adjacent to an activating group) is 2. The van der Waals surface area contributed by atoms with Crippen molar-refractivity contribution in [1.82, 2.24) is 25.1 Å². The van der Waals surface area contributed by atoms with Crippen LogP contribution in [-0.2, 0) is 9.53 Å². The van der Waals surface area contributed by atoms with Gasteiger partial charge in [-0.05, 0) is 66.1 Å². The number of likely N-dealkylation sites (tertiary alicyclic amines) is 2. The lowest BCUT2D eigenvalue weighted by Gasteiger charge is -2.61. The third-order valence-corrected chi connectivity index (χ3v) is 8.79. The number of hydrogen-bond acceptors (Lipinski definition) is 6. The summed E-state index contributed by atoms with van der Waals surface area (Å²) in [4.78, 5) is 20.4. The Balaban J connectivity index is 1.32. The highest BCUT2D eigenvalue weighted by molar-refractivity contribution is 5.82. The number of rotatable bonds is 5. The van der Waals surface area contributed by atoms with Crippen LogP contribution < -0.4 is 5.43 Å². The maximum Gasteiger partial charge on any atom is 0.239 e. The van der Waals surface area contributed by atoms with Crippen LogP contribution in [0, 0.1) is 11.8 Å². The predicted molar refractivity (Wildman–Crippen MR) is 112 cm³/mol. The van der Waals surface area contributed by atoms with E-state index in [1.165, 1.54) is 6.42 Å². The summed E-state index contributed by atoms with van der Waals surface area (Å²) >= 11 is 0. The zero-order valence-corrected chi connectivity index (χ0v) is 18.8. The van der Waals surface area contributed by atoms with Crippen molar-refractivity contribution >= 4 is 5.91 Å². The Kier molecular flexibility index (Phi) is 5.18. The normalized spacial score (nSPS) is 45.2. The summed E-state index contributed by atoms with van der Waals surface area (Å²) in [7, 11) is 6.20. The van der Waals surface area contributed by atoms with Gasteiger partial charge in [-0.2, -0.15) is 0 Å². The Morgan fingerprint density at radius 2 is 1.93 bits per heavy atom. The lowest BCUT2D eigenvalue weighted by atomic mass is 9.70. The number of fused-ring (bicyclic) bond motifs is 2. The molecule has 5 unspecified atom stereocenters. The first kappa shape index (κ1) is 20.2. The van der Waals surface area contributed by atoms with Gasteiger partial charge in [0, 0.05) is 43.7 Å². The molecule has 0 aromatic carbocycles. The highest BCUT2D eigenvalue weighted by atomic mass is 16.5. The third kappa shape index (κ3) is 2.92. The molecule has 4 aliphatic heterocycles. The molecule has 5 aliphatic rings. The van der Waals surface area contributed by atoms with E-state index < -0.39 is 0 Å². The first-order valence-corrected chi connectivity index (χ1v) is 11.7. The molecule has 8 atom stereocenters. The standard InChI is InChI=1S/C22H39N5O2/c1-13(2)27-19(15-12-29-18-11-26(23-3)21(15)18)14-8-9-16(20(14)27)25(5)22(28)17-7-6-10-24(17)4/h13-21,23H,6-12H2,1-5H3/t14?,15?,16?,17-,18+,19?,20?,21+/m0/s1. The molecule has 0 radical (unpaired) electrons. The molecular formula is C22H39N5O2. The van der Waals surface area contributed by atoms with Gasteiger partial charge in [0.1, 0.15) is 0 Å². The topological polar surface area (TPSA) is 51.3 Å². The Bertz CT molecular complexity index is 645. The van der Waals surface area contributed by atoms with Crippen molar-refractivity contribution in [3.63, 3.8) is 0 Å². The Hall–Kier alpha value is -0.730. The molecule has 1 amide bonds. The van der Waals surface area contributed by atoms with Gasteiger partial charge in [0.15, 0.2) is 0 Å². The number of ether oxygens (including phenoxy) is 1. The number of carbonyl (C=O) groups excluding carboxylic acids is 1. The Labute approximate surface area is 175 Å². The summed E-state index contributed by atoms with van der Waals surface area (Å²) in [6, 6.07) is 2.57. The highest BCUT2D eigenvalue weighted by Crippen LogP contribution is 2.53. The van der Waals surface area contributed by atoms with Crippen molar-refractivity contribution < 1.29 is 9.53 Å². The fourth-order valence-electron chi connectivity index (χ4n) is 7.39. The van der Waals surface area contributed by atoms with Gasteiger partial charge in [-0.25, -0.2) is 5.01 Å². The molecular weight excluding hydrogens is 366 g/mol. The van der Waals surface area contributed by atoms with Gasteiger partial charge < -0.3 is 9.64 Å². The second kappa shape index (κ2) is 7.45. The lowest BCUT2D eigenvalue weighted by Crippen LogP contribution is -2.75. The van der Waals surface area contributed by atoms with Crippen LogP contribution in [0.3, 0.4) is 0 Å². The second-order valence-electron chi connectivity index (χ2n) is 10.3.